The molecule has 3 heterocycles. The summed E-state index contributed by atoms with van der Waals surface area (Å²) in [5, 5.41) is 0.506. The van der Waals surface area contributed by atoms with Gasteiger partial charge < -0.3 is 4.90 Å². The van der Waals surface area contributed by atoms with E-state index in [1.807, 2.05) is 11.8 Å². The van der Waals surface area contributed by atoms with Crippen molar-refractivity contribution in [3.8, 4) is 0 Å². The highest BCUT2D eigenvalue weighted by molar-refractivity contribution is 6.33. The minimum Gasteiger partial charge on any atom is -0.336 e. The van der Waals surface area contributed by atoms with Crippen molar-refractivity contribution >= 4 is 17.5 Å². The molecule has 1 aromatic rings. The van der Waals surface area contributed by atoms with E-state index < -0.39 is 0 Å². The van der Waals surface area contributed by atoms with Gasteiger partial charge in [-0.1, -0.05) is 11.6 Å². The number of nitrogens with zero attached hydrogens (tertiary/aromatic N) is 3. The molecule has 1 amide bonds. The molecule has 102 valence electrons. The van der Waals surface area contributed by atoms with Crippen LogP contribution in [0, 0.1) is 6.92 Å². The molecule has 0 aromatic carbocycles. The number of pyridine rings is 1. The molecule has 2 aliphatic heterocycles. The first kappa shape index (κ1) is 12.9. The lowest BCUT2D eigenvalue weighted by Gasteiger charge is -2.37. The van der Waals surface area contributed by atoms with Gasteiger partial charge in [0, 0.05) is 37.6 Å². The molecule has 1 unspecified atom stereocenters. The van der Waals surface area contributed by atoms with Gasteiger partial charge in [-0.15, -0.1) is 0 Å². The number of aryl methyl sites for hydroxylation is 1. The normalized spacial score (nSPS) is 23.5. The summed E-state index contributed by atoms with van der Waals surface area (Å²) < 4.78 is 0. The van der Waals surface area contributed by atoms with Gasteiger partial charge in [-0.3, -0.25) is 14.7 Å². The number of aromatic nitrogens is 1. The van der Waals surface area contributed by atoms with Crippen LogP contribution in [0.5, 0.6) is 0 Å². The maximum Gasteiger partial charge on any atom is 0.257 e. The maximum absolute atomic E-state index is 12.5. The Kier molecular flexibility index (Phi) is 3.46. The Bertz CT molecular complexity index is 505. The van der Waals surface area contributed by atoms with Crippen molar-refractivity contribution in [2.75, 3.05) is 26.2 Å². The fourth-order valence-electron chi connectivity index (χ4n) is 3.03. The van der Waals surface area contributed by atoms with Gasteiger partial charge in [0.1, 0.15) is 0 Å². The minimum atomic E-state index is 0.0176. The Hall–Kier alpha value is -1.13. The van der Waals surface area contributed by atoms with Crippen molar-refractivity contribution in [3.63, 3.8) is 0 Å². The highest BCUT2D eigenvalue weighted by Gasteiger charge is 2.33. The average molecular weight is 280 g/mol. The van der Waals surface area contributed by atoms with E-state index in [1.165, 1.54) is 19.4 Å². The number of amides is 1. The van der Waals surface area contributed by atoms with Crippen molar-refractivity contribution < 1.29 is 4.79 Å². The molecule has 0 aliphatic carbocycles. The van der Waals surface area contributed by atoms with Crippen molar-refractivity contribution in [3.05, 3.63) is 28.5 Å². The summed E-state index contributed by atoms with van der Waals surface area (Å²) >= 11 is 6.16. The third-order valence-electron chi connectivity index (χ3n) is 4.10. The van der Waals surface area contributed by atoms with Gasteiger partial charge in [0.25, 0.3) is 5.91 Å². The molecule has 2 fully saturated rings. The van der Waals surface area contributed by atoms with E-state index in [0.29, 0.717) is 16.6 Å². The SMILES string of the molecule is Cc1cc(Cl)c(C(=O)N2CCN3CCCC3C2)cn1. The quantitative estimate of drug-likeness (QED) is 0.789. The van der Waals surface area contributed by atoms with Crippen LogP contribution >= 0.6 is 11.6 Å². The van der Waals surface area contributed by atoms with Gasteiger partial charge >= 0.3 is 0 Å². The maximum atomic E-state index is 12.5. The van der Waals surface area contributed by atoms with Crippen molar-refractivity contribution in [1.29, 1.82) is 0 Å². The van der Waals surface area contributed by atoms with E-state index in [-0.39, 0.29) is 5.91 Å². The summed E-state index contributed by atoms with van der Waals surface area (Å²) in [7, 11) is 0. The number of fused-ring (bicyclic) bond motifs is 1. The lowest BCUT2D eigenvalue weighted by molar-refractivity contribution is 0.0571. The zero-order valence-corrected chi connectivity index (χ0v) is 11.9. The van der Waals surface area contributed by atoms with Crippen LogP contribution in [0.25, 0.3) is 0 Å². The van der Waals surface area contributed by atoms with Crippen LogP contribution in [0.3, 0.4) is 0 Å². The first-order valence-electron chi connectivity index (χ1n) is 6.80. The van der Waals surface area contributed by atoms with E-state index in [4.69, 9.17) is 11.6 Å². The summed E-state index contributed by atoms with van der Waals surface area (Å²) in [6.45, 7) is 5.65. The highest BCUT2D eigenvalue weighted by atomic mass is 35.5. The Morgan fingerprint density at radius 2 is 2.26 bits per heavy atom. The van der Waals surface area contributed by atoms with E-state index in [1.54, 1.807) is 12.3 Å². The Labute approximate surface area is 118 Å². The Balaban J connectivity index is 1.76. The summed E-state index contributed by atoms with van der Waals surface area (Å²) in [5.41, 5.74) is 1.36. The number of rotatable bonds is 1. The van der Waals surface area contributed by atoms with Gasteiger partial charge in [0.15, 0.2) is 0 Å². The van der Waals surface area contributed by atoms with Crippen LogP contribution in [0.15, 0.2) is 12.3 Å². The Morgan fingerprint density at radius 1 is 1.42 bits per heavy atom. The number of halogens is 1. The number of carbonyl (C=O) groups excluding carboxylic acids is 1. The topological polar surface area (TPSA) is 36.4 Å². The first-order chi connectivity index (χ1) is 9.15. The minimum absolute atomic E-state index is 0.0176. The molecule has 2 aliphatic rings. The van der Waals surface area contributed by atoms with Gasteiger partial charge in [-0.05, 0) is 32.4 Å². The predicted octanol–water partition coefficient (Wildman–Crippen LogP) is 1.96. The van der Waals surface area contributed by atoms with Gasteiger partial charge in [0.2, 0.25) is 0 Å². The molecule has 0 N–H and O–H groups in total. The van der Waals surface area contributed by atoms with E-state index >= 15 is 0 Å². The monoisotopic (exact) mass is 279 g/mol. The van der Waals surface area contributed by atoms with E-state index in [0.717, 1.165) is 25.3 Å². The number of piperazine rings is 1. The second-order valence-corrected chi connectivity index (χ2v) is 5.80. The molecule has 0 spiro atoms. The molecular formula is C14H18ClN3O. The molecule has 3 rings (SSSR count). The molecule has 0 saturated carbocycles. The fourth-order valence-corrected chi connectivity index (χ4v) is 3.32. The third kappa shape index (κ3) is 2.47. The summed E-state index contributed by atoms with van der Waals surface area (Å²) in [6.07, 6.45) is 4.05. The van der Waals surface area contributed by atoms with Gasteiger partial charge in [-0.25, -0.2) is 0 Å². The van der Waals surface area contributed by atoms with Crippen LogP contribution in [0.2, 0.25) is 5.02 Å². The van der Waals surface area contributed by atoms with Crippen LogP contribution < -0.4 is 0 Å². The molecule has 4 nitrogen and oxygen atoms in total. The zero-order chi connectivity index (χ0) is 13.4. The first-order valence-corrected chi connectivity index (χ1v) is 7.18. The van der Waals surface area contributed by atoms with E-state index in [2.05, 4.69) is 9.88 Å². The molecule has 2 saturated heterocycles. The van der Waals surface area contributed by atoms with Gasteiger partial charge in [0.05, 0.1) is 10.6 Å². The molecule has 0 radical (unpaired) electrons. The largest absolute Gasteiger partial charge is 0.336 e. The summed E-state index contributed by atoms with van der Waals surface area (Å²) in [5.74, 6) is 0.0176. The molecule has 19 heavy (non-hydrogen) atoms. The number of hydrogen-bond acceptors (Lipinski definition) is 3. The lowest BCUT2D eigenvalue weighted by Crippen LogP contribution is -2.52. The second kappa shape index (κ2) is 5.10. The zero-order valence-electron chi connectivity index (χ0n) is 11.1. The van der Waals surface area contributed by atoms with Crippen molar-refractivity contribution in [2.45, 2.75) is 25.8 Å². The van der Waals surface area contributed by atoms with Crippen LogP contribution in [0.1, 0.15) is 28.9 Å². The van der Waals surface area contributed by atoms with Crippen molar-refractivity contribution in [2.24, 2.45) is 0 Å². The van der Waals surface area contributed by atoms with Crippen molar-refractivity contribution in [1.82, 2.24) is 14.8 Å². The second-order valence-electron chi connectivity index (χ2n) is 5.39. The number of hydrogen-bond donors (Lipinski definition) is 0. The molecular weight excluding hydrogens is 262 g/mol. The smallest absolute Gasteiger partial charge is 0.257 e. The standard InChI is InChI=1S/C14H18ClN3O/c1-10-7-13(15)12(8-16-10)14(19)18-6-5-17-4-2-3-11(17)9-18/h7-8,11H,2-6,9H2,1H3. The highest BCUT2D eigenvalue weighted by Crippen LogP contribution is 2.24. The average Bonchev–Trinajstić information content (AvgIpc) is 2.85. The lowest BCUT2D eigenvalue weighted by atomic mass is 10.1. The molecule has 1 atom stereocenters. The van der Waals surface area contributed by atoms with Crippen LogP contribution in [-0.4, -0.2) is 52.9 Å². The van der Waals surface area contributed by atoms with Gasteiger partial charge in [-0.2, -0.15) is 0 Å². The number of carbonyl (C=O) groups is 1. The van der Waals surface area contributed by atoms with Crippen LogP contribution in [0.4, 0.5) is 0 Å². The third-order valence-corrected chi connectivity index (χ3v) is 4.41. The molecule has 5 heteroatoms. The van der Waals surface area contributed by atoms with Crippen LogP contribution in [-0.2, 0) is 0 Å². The predicted molar refractivity (Wildman–Crippen MR) is 74.5 cm³/mol. The summed E-state index contributed by atoms with van der Waals surface area (Å²) in [6, 6.07) is 2.29. The fraction of sp³-hybridized carbons (Fsp3) is 0.571. The Morgan fingerprint density at radius 3 is 3.05 bits per heavy atom. The summed E-state index contributed by atoms with van der Waals surface area (Å²) in [4.78, 5) is 21.1. The van der Waals surface area contributed by atoms with E-state index in [9.17, 15) is 4.79 Å². The molecule has 1 aromatic heterocycles. The molecule has 0 bridgehead atoms.